The molecule has 0 atom stereocenters. The van der Waals surface area contributed by atoms with Gasteiger partial charge in [-0.05, 0) is 12.8 Å². The van der Waals surface area contributed by atoms with Crippen LogP contribution in [0.1, 0.15) is 23.2 Å². The molecule has 1 amide bonds. The molecule has 2 heterocycles. The van der Waals surface area contributed by atoms with Crippen LogP contribution in [0.25, 0.3) is 0 Å². The Kier molecular flexibility index (Phi) is 4.27. The van der Waals surface area contributed by atoms with Gasteiger partial charge in [-0.3, -0.25) is 19.4 Å². The molecule has 0 unspecified atom stereocenters. The van der Waals surface area contributed by atoms with Gasteiger partial charge in [0.1, 0.15) is 0 Å². The molecule has 1 aliphatic heterocycles. The highest BCUT2D eigenvalue weighted by Gasteiger charge is 2.40. The van der Waals surface area contributed by atoms with Gasteiger partial charge >= 0.3 is 5.97 Å². The first kappa shape index (κ1) is 15.0. The highest BCUT2D eigenvalue weighted by Crippen LogP contribution is 2.30. The Morgan fingerprint density at radius 3 is 2.57 bits per heavy atom. The molecule has 1 aliphatic rings. The number of carboxylic acids is 1. The van der Waals surface area contributed by atoms with E-state index in [1.807, 2.05) is 0 Å². The number of carbonyl (C=O) groups is 2. The molecule has 1 saturated heterocycles. The third kappa shape index (κ3) is 3.40. The van der Waals surface area contributed by atoms with Crippen LogP contribution in [0.4, 0.5) is 0 Å². The molecule has 8 nitrogen and oxygen atoms in total. The average Bonchev–Trinajstić information content (AvgIpc) is 2.44. The highest BCUT2D eigenvalue weighted by atomic mass is 16.5. The van der Waals surface area contributed by atoms with Crippen LogP contribution in [-0.4, -0.2) is 46.8 Å². The molecule has 2 rings (SSSR count). The molecule has 0 aromatic carbocycles. The van der Waals surface area contributed by atoms with Crippen molar-refractivity contribution in [3.8, 4) is 5.88 Å². The van der Waals surface area contributed by atoms with Crippen LogP contribution in [0.2, 0.25) is 0 Å². The summed E-state index contributed by atoms with van der Waals surface area (Å²) in [4.78, 5) is 36.7. The van der Waals surface area contributed by atoms with Crippen LogP contribution >= 0.6 is 0 Å². The number of hydrogen-bond acceptors (Lipinski definition) is 5. The van der Waals surface area contributed by atoms with Crippen LogP contribution in [0.3, 0.4) is 0 Å². The van der Waals surface area contributed by atoms with Crippen molar-refractivity contribution < 1.29 is 24.5 Å². The Morgan fingerprint density at radius 1 is 1.33 bits per heavy atom. The number of rotatable bonds is 4. The third-order valence-corrected chi connectivity index (χ3v) is 3.58. The van der Waals surface area contributed by atoms with Crippen LogP contribution < -0.4 is 10.9 Å². The summed E-state index contributed by atoms with van der Waals surface area (Å²) >= 11 is 0. The van der Waals surface area contributed by atoms with Crippen LogP contribution in [0, 0.1) is 5.41 Å². The second kappa shape index (κ2) is 5.96. The Balaban J connectivity index is 2.08. The number of aliphatic carboxylic acids is 1. The lowest BCUT2D eigenvalue weighted by molar-refractivity contribution is -0.154. The monoisotopic (exact) mass is 296 g/mol. The van der Waals surface area contributed by atoms with E-state index in [-0.39, 0.29) is 12.1 Å². The van der Waals surface area contributed by atoms with Gasteiger partial charge in [0.2, 0.25) is 0 Å². The Hall–Kier alpha value is -2.35. The van der Waals surface area contributed by atoms with Gasteiger partial charge in [-0.25, -0.2) is 0 Å². The van der Waals surface area contributed by atoms with E-state index in [1.54, 1.807) is 0 Å². The number of hydrogen-bond donors (Lipinski definition) is 4. The number of amides is 1. The average molecular weight is 296 g/mol. The first-order chi connectivity index (χ1) is 9.93. The second-order valence-corrected chi connectivity index (χ2v) is 5.00. The standard InChI is InChI=1S/C13H16N2O6/c16-9-5-8(6-10(17)15-9)11(18)14-7-13(12(19)20)1-3-21-4-2-13/h5-6H,1-4,7H2,(H,14,18)(H,19,20)(H2,15,16,17). The molecule has 1 fully saturated rings. The van der Waals surface area contributed by atoms with Crippen molar-refractivity contribution in [2.45, 2.75) is 12.8 Å². The van der Waals surface area contributed by atoms with Gasteiger partial charge in [0.25, 0.3) is 11.5 Å². The summed E-state index contributed by atoms with van der Waals surface area (Å²) in [6.07, 6.45) is 0.618. The van der Waals surface area contributed by atoms with Gasteiger partial charge in [0.05, 0.1) is 11.0 Å². The van der Waals surface area contributed by atoms with Crippen molar-refractivity contribution in [3.63, 3.8) is 0 Å². The maximum atomic E-state index is 12.0. The summed E-state index contributed by atoms with van der Waals surface area (Å²) in [7, 11) is 0. The number of ether oxygens (including phenoxy) is 1. The molecular weight excluding hydrogens is 280 g/mol. The van der Waals surface area contributed by atoms with E-state index in [0.717, 1.165) is 12.1 Å². The first-order valence-electron chi connectivity index (χ1n) is 6.46. The van der Waals surface area contributed by atoms with Crippen LogP contribution in [0.15, 0.2) is 16.9 Å². The number of pyridine rings is 1. The number of aromatic amines is 1. The number of aromatic hydroxyl groups is 1. The van der Waals surface area contributed by atoms with Gasteiger partial charge in [-0.15, -0.1) is 0 Å². The van der Waals surface area contributed by atoms with Crippen molar-refractivity contribution in [1.29, 1.82) is 0 Å². The molecule has 0 radical (unpaired) electrons. The maximum absolute atomic E-state index is 12.0. The Bertz CT molecular complexity index is 603. The second-order valence-electron chi connectivity index (χ2n) is 5.00. The first-order valence-corrected chi connectivity index (χ1v) is 6.46. The number of aromatic nitrogens is 1. The van der Waals surface area contributed by atoms with Gasteiger partial charge in [0, 0.05) is 31.9 Å². The van der Waals surface area contributed by atoms with E-state index in [0.29, 0.717) is 26.1 Å². The van der Waals surface area contributed by atoms with Gasteiger partial charge in [0.15, 0.2) is 5.88 Å². The molecule has 8 heteroatoms. The van der Waals surface area contributed by atoms with Crippen molar-refractivity contribution >= 4 is 11.9 Å². The van der Waals surface area contributed by atoms with Crippen molar-refractivity contribution in [3.05, 3.63) is 28.0 Å². The van der Waals surface area contributed by atoms with E-state index < -0.39 is 28.7 Å². The summed E-state index contributed by atoms with van der Waals surface area (Å²) in [6.45, 7) is 0.597. The fourth-order valence-electron chi connectivity index (χ4n) is 2.24. The summed E-state index contributed by atoms with van der Waals surface area (Å²) in [5, 5.41) is 21.1. The normalized spacial score (nSPS) is 17.1. The lowest BCUT2D eigenvalue weighted by Gasteiger charge is -2.33. The third-order valence-electron chi connectivity index (χ3n) is 3.58. The molecule has 1 aromatic rings. The van der Waals surface area contributed by atoms with Crippen LogP contribution in [-0.2, 0) is 9.53 Å². The number of nitrogens with one attached hydrogen (secondary N) is 2. The zero-order chi connectivity index (χ0) is 15.5. The zero-order valence-corrected chi connectivity index (χ0v) is 11.2. The minimum Gasteiger partial charge on any atom is -0.494 e. The lowest BCUT2D eigenvalue weighted by atomic mass is 9.80. The Labute approximate surface area is 119 Å². The minimum atomic E-state index is -1.06. The minimum absolute atomic E-state index is 0.0242. The van der Waals surface area contributed by atoms with E-state index in [9.17, 15) is 24.6 Å². The molecule has 4 N–H and O–H groups in total. The number of carboxylic acid groups (broad SMARTS) is 1. The maximum Gasteiger partial charge on any atom is 0.311 e. The fourth-order valence-corrected chi connectivity index (χ4v) is 2.24. The molecule has 0 spiro atoms. The molecule has 21 heavy (non-hydrogen) atoms. The smallest absolute Gasteiger partial charge is 0.311 e. The highest BCUT2D eigenvalue weighted by molar-refractivity contribution is 5.94. The van der Waals surface area contributed by atoms with E-state index in [1.165, 1.54) is 0 Å². The predicted octanol–water partition coefficient (Wildman–Crippen LogP) is -0.308. The number of carbonyl (C=O) groups excluding carboxylic acids is 1. The molecule has 0 aliphatic carbocycles. The predicted molar refractivity (Wildman–Crippen MR) is 71.2 cm³/mol. The largest absolute Gasteiger partial charge is 0.494 e. The number of H-pyrrole nitrogens is 1. The van der Waals surface area contributed by atoms with E-state index in [4.69, 9.17) is 4.74 Å². The van der Waals surface area contributed by atoms with Gasteiger partial charge < -0.3 is 20.3 Å². The van der Waals surface area contributed by atoms with Crippen molar-refractivity contribution in [2.75, 3.05) is 19.8 Å². The van der Waals surface area contributed by atoms with E-state index in [2.05, 4.69) is 10.3 Å². The van der Waals surface area contributed by atoms with Crippen molar-refractivity contribution in [1.82, 2.24) is 10.3 Å². The van der Waals surface area contributed by atoms with Gasteiger partial charge in [-0.1, -0.05) is 0 Å². The molecule has 0 bridgehead atoms. The van der Waals surface area contributed by atoms with Crippen LogP contribution in [0.5, 0.6) is 5.88 Å². The Morgan fingerprint density at radius 2 is 2.00 bits per heavy atom. The SMILES string of the molecule is O=C(NCC1(C(=O)O)CCOCC1)c1cc(O)[nH]c(=O)c1. The quantitative estimate of drug-likeness (QED) is 0.603. The molecule has 1 aromatic heterocycles. The topological polar surface area (TPSA) is 129 Å². The summed E-state index contributed by atoms with van der Waals surface area (Å²) in [6, 6.07) is 2.14. The van der Waals surface area contributed by atoms with Crippen molar-refractivity contribution in [2.24, 2.45) is 5.41 Å². The molecule has 114 valence electrons. The molecular formula is C13H16N2O6. The molecule has 0 saturated carbocycles. The summed E-state index contributed by atoms with van der Waals surface area (Å²) < 4.78 is 5.14. The fraction of sp³-hybridized carbons (Fsp3) is 0.462. The summed E-state index contributed by atoms with van der Waals surface area (Å²) in [5.41, 5.74) is -1.69. The lowest BCUT2D eigenvalue weighted by Crippen LogP contribution is -2.46. The summed E-state index contributed by atoms with van der Waals surface area (Å²) in [5.74, 6) is -2.02. The van der Waals surface area contributed by atoms with Gasteiger partial charge in [-0.2, -0.15) is 0 Å². The zero-order valence-electron chi connectivity index (χ0n) is 11.2. The van der Waals surface area contributed by atoms with E-state index >= 15 is 0 Å².